The standard InChI is InChI=1S/C8H8ClNO/c9-6-1-4-8(11)10(5-6)7-2-3-7/h1,4-5,7H,2-3H2. The van der Waals surface area contributed by atoms with Gasteiger partial charge in [0.15, 0.2) is 0 Å². The molecule has 0 aromatic carbocycles. The van der Waals surface area contributed by atoms with Crippen molar-refractivity contribution in [3.63, 3.8) is 0 Å². The molecule has 1 aliphatic carbocycles. The highest BCUT2D eigenvalue weighted by Crippen LogP contribution is 2.33. The summed E-state index contributed by atoms with van der Waals surface area (Å²) in [7, 11) is 0. The summed E-state index contributed by atoms with van der Waals surface area (Å²) in [6.45, 7) is 0. The van der Waals surface area contributed by atoms with Crippen LogP contribution in [0.25, 0.3) is 0 Å². The van der Waals surface area contributed by atoms with Gasteiger partial charge in [-0.25, -0.2) is 0 Å². The van der Waals surface area contributed by atoms with Gasteiger partial charge in [-0.2, -0.15) is 0 Å². The van der Waals surface area contributed by atoms with Crippen molar-refractivity contribution in [3.05, 3.63) is 33.7 Å². The zero-order valence-corrected chi connectivity index (χ0v) is 6.71. The van der Waals surface area contributed by atoms with Gasteiger partial charge in [0.2, 0.25) is 0 Å². The van der Waals surface area contributed by atoms with Gasteiger partial charge in [0.25, 0.3) is 5.56 Å². The average Bonchev–Trinajstić information content (AvgIpc) is 2.76. The topological polar surface area (TPSA) is 22.0 Å². The quantitative estimate of drug-likeness (QED) is 0.629. The fourth-order valence-electron chi connectivity index (χ4n) is 1.11. The highest BCUT2D eigenvalue weighted by molar-refractivity contribution is 6.30. The van der Waals surface area contributed by atoms with E-state index < -0.39 is 0 Å². The molecule has 0 atom stereocenters. The van der Waals surface area contributed by atoms with Gasteiger partial charge in [0, 0.05) is 18.3 Å². The smallest absolute Gasteiger partial charge is 0.250 e. The van der Waals surface area contributed by atoms with E-state index >= 15 is 0 Å². The fourth-order valence-corrected chi connectivity index (χ4v) is 1.28. The molecule has 0 saturated heterocycles. The molecule has 0 aliphatic heterocycles. The summed E-state index contributed by atoms with van der Waals surface area (Å²) >= 11 is 5.73. The van der Waals surface area contributed by atoms with E-state index in [1.54, 1.807) is 16.8 Å². The maximum absolute atomic E-state index is 11.2. The first kappa shape index (κ1) is 6.92. The minimum absolute atomic E-state index is 0.0527. The summed E-state index contributed by atoms with van der Waals surface area (Å²) in [4.78, 5) is 11.2. The first-order valence-corrected chi connectivity index (χ1v) is 4.03. The molecule has 0 N–H and O–H groups in total. The molecule has 1 heterocycles. The second-order valence-corrected chi connectivity index (χ2v) is 3.26. The van der Waals surface area contributed by atoms with Crippen molar-refractivity contribution in [2.24, 2.45) is 0 Å². The van der Waals surface area contributed by atoms with E-state index in [0.717, 1.165) is 12.8 Å². The number of pyridine rings is 1. The van der Waals surface area contributed by atoms with Gasteiger partial charge in [-0.1, -0.05) is 11.6 Å². The normalized spacial score (nSPS) is 16.8. The molecule has 0 amide bonds. The molecule has 58 valence electrons. The number of rotatable bonds is 1. The Labute approximate surface area is 69.4 Å². The third kappa shape index (κ3) is 1.31. The van der Waals surface area contributed by atoms with Crippen LogP contribution in [0.5, 0.6) is 0 Å². The monoisotopic (exact) mass is 169 g/mol. The summed E-state index contributed by atoms with van der Waals surface area (Å²) in [6.07, 6.45) is 3.93. The maximum atomic E-state index is 11.2. The van der Waals surface area contributed by atoms with E-state index in [1.165, 1.54) is 6.07 Å². The Kier molecular flexibility index (Phi) is 1.50. The number of nitrogens with zero attached hydrogens (tertiary/aromatic N) is 1. The minimum Gasteiger partial charge on any atom is -0.311 e. The van der Waals surface area contributed by atoms with Gasteiger partial charge in [-0.05, 0) is 18.9 Å². The van der Waals surface area contributed by atoms with E-state index in [-0.39, 0.29) is 5.56 Å². The molecule has 0 spiro atoms. The van der Waals surface area contributed by atoms with Gasteiger partial charge < -0.3 is 4.57 Å². The molecule has 1 aromatic rings. The Morgan fingerprint density at radius 2 is 2.18 bits per heavy atom. The third-order valence-corrected chi connectivity index (χ3v) is 2.07. The van der Waals surface area contributed by atoms with Crippen LogP contribution in [0.1, 0.15) is 18.9 Å². The summed E-state index contributed by atoms with van der Waals surface area (Å²) < 4.78 is 1.71. The van der Waals surface area contributed by atoms with Crippen molar-refractivity contribution in [1.29, 1.82) is 0 Å². The van der Waals surface area contributed by atoms with Crippen molar-refractivity contribution in [3.8, 4) is 0 Å². The van der Waals surface area contributed by atoms with Gasteiger partial charge in [0.1, 0.15) is 0 Å². The molecule has 1 aliphatic rings. The molecular formula is C8H8ClNO. The van der Waals surface area contributed by atoms with Crippen LogP contribution in [0.3, 0.4) is 0 Å². The first-order valence-electron chi connectivity index (χ1n) is 3.65. The summed E-state index contributed by atoms with van der Waals surface area (Å²) in [5, 5.41) is 0.636. The summed E-state index contributed by atoms with van der Waals surface area (Å²) in [5.41, 5.74) is 0.0527. The molecule has 2 nitrogen and oxygen atoms in total. The molecule has 2 rings (SSSR count). The molecule has 0 radical (unpaired) electrons. The van der Waals surface area contributed by atoms with Crippen LogP contribution in [0.2, 0.25) is 5.02 Å². The number of hydrogen-bond donors (Lipinski definition) is 0. The Bertz CT molecular complexity index is 327. The molecule has 3 heteroatoms. The Hall–Kier alpha value is -0.760. The highest BCUT2D eigenvalue weighted by atomic mass is 35.5. The highest BCUT2D eigenvalue weighted by Gasteiger charge is 2.23. The number of hydrogen-bond acceptors (Lipinski definition) is 1. The van der Waals surface area contributed by atoms with Crippen molar-refractivity contribution in [2.45, 2.75) is 18.9 Å². The predicted octanol–water partition coefficient (Wildman–Crippen LogP) is 1.84. The molecule has 0 unspecified atom stereocenters. The fraction of sp³-hybridized carbons (Fsp3) is 0.375. The molecule has 1 fully saturated rings. The van der Waals surface area contributed by atoms with E-state index in [1.807, 2.05) is 0 Å². The Morgan fingerprint density at radius 3 is 2.82 bits per heavy atom. The molecule has 11 heavy (non-hydrogen) atoms. The Morgan fingerprint density at radius 1 is 1.45 bits per heavy atom. The third-order valence-electron chi connectivity index (χ3n) is 1.84. The second-order valence-electron chi connectivity index (χ2n) is 2.82. The van der Waals surface area contributed by atoms with Gasteiger partial charge in [-0.3, -0.25) is 4.79 Å². The molecule has 1 saturated carbocycles. The zero-order chi connectivity index (χ0) is 7.84. The van der Waals surface area contributed by atoms with Crippen LogP contribution in [0, 0.1) is 0 Å². The second kappa shape index (κ2) is 2.38. The summed E-state index contributed by atoms with van der Waals surface area (Å²) in [5.74, 6) is 0. The van der Waals surface area contributed by atoms with Crippen molar-refractivity contribution in [2.75, 3.05) is 0 Å². The van der Waals surface area contributed by atoms with Crippen molar-refractivity contribution < 1.29 is 0 Å². The average molecular weight is 170 g/mol. The first-order chi connectivity index (χ1) is 5.27. The zero-order valence-electron chi connectivity index (χ0n) is 5.96. The van der Waals surface area contributed by atoms with Gasteiger partial charge in [0.05, 0.1) is 5.02 Å². The maximum Gasteiger partial charge on any atom is 0.250 e. The SMILES string of the molecule is O=c1ccc(Cl)cn1C1CC1. The number of aromatic nitrogens is 1. The van der Waals surface area contributed by atoms with E-state index in [0.29, 0.717) is 11.1 Å². The lowest BCUT2D eigenvalue weighted by Crippen LogP contribution is -2.16. The van der Waals surface area contributed by atoms with E-state index in [9.17, 15) is 4.79 Å². The van der Waals surface area contributed by atoms with E-state index in [2.05, 4.69) is 0 Å². The van der Waals surface area contributed by atoms with Crippen LogP contribution < -0.4 is 5.56 Å². The molecular weight excluding hydrogens is 162 g/mol. The van der Waals surface area contributed by atoms with Crippen LogP contribution in [-0.2, 0) is 0 Å². The van der Waals surface area contributed by atoms with Crippen LogP contribution in [0.4, 0.5) is 0 Å². The Balaban J connectivity index is 2.51. The lowest BCUT2D eigenvalue weighted by molar-refractivity contribution is 0.707. The van der Waals surface area contributed by atoms with Crippen molar-refractivity contribution >= 4 is 11.6 Å². The largest absolute Gasteiger partial charge is 0.311 e. The molecule has 1 aromatic heterocycles. The van der Waals surface area contributed by atoms with Crippen molar-refractivity contribution in [1.82, 2.24) is 4.57 Å². The lowest BCUT2D eigenvalue weighted by Gasteiger charge is -2.01. The molecule has 0 bridgehead atoms. The van der Waals surface area contributed by atoms with E-state index in [4.69, 9.17) is 11.6 Å². The lowest BCUT2D eigenvalue weighted by atomic mass is 10.4. The van der Waals surface area contributed by atoms with Gasteiger partial charge >= 0.3 is 0 Å². The number of halogens is 1. The predicted molar refractivity (Wildman–Crippen MR) is 44.0 cm³/mol. The van der Waals surface area contributed by atoms with Crippen LogP contribution >= 0.6 is 11.6 Å². The van der Waals surface area contributed by atoms with Crippen LogP contribution in [0.15, 0.2) is 23.1 Å². The summed E-state index contributed by atoms with van der Waals surface area (Å²) in [6, 6.07) is 3.56. The van der Waals surface area contributed by atoms with Gasteiger partial charge in [-0.15, -0.1) is 0 Å². The minimum atomic E-state index is 0.0527. The van der Waals surface area contributed by atoms with Crippen LogP contribution in [-0.4, -0.2) is 4.57 Å².